The second-order valence-electron chi connectivity index (χ2n) is 7.06. The average Bonchev–Trinajstić information content (AvgIpc) is 2.64. The van der Waals surface area contributed by atoms with Gasteiger partial charge in [0.25, 0.3) is 0 Å². The van der Waals surface area contributed by atoms with E-state index in [4.69, 9.17) is 9.47 Å². The molecule has 1 aromatic rings. The molecule has 0 radical (unpaired) electrons. The highest BCUT2D eigenvalue weighted by Gasteiger charge is 2.20. The van der Waals surface area contributed by atoms with Gasteiger partial charge < -0.3 is 20.1 Å². The Balaban J connectivity index is 0.00000364. The Kier molecular flexibility index (Phi) is 12.6. The molecule has 2 N–H and O–H groups in total. The van der Waals surface area contributed by atoms with Crippen LogP contribution in [0.4, 0.5) is 0 Å². The highest BCUT2D eigenvalue weighted by Crippen LogP contribution is 2.07. The van der Waals surface area contributed by atoms with E-state index < -0.39 is 0 Å². The number of halogens is 1. The maximum Gasteiger partial charge on any atom is 0.191 e. The Hall–Kier alpha value is -0.900. The fourth-order valence-corrected chi connectivity index (χ4v) is 3.02. The lowest BCUT2D eigenvalue weighted by molar-refractivity contribution is -0.0284. The molecule has 154 valence electrons. The van der Waals surface area contributed by atoms with Crippen LogP contribution in [0.25, 0.3) is 0 Å². The van der Waals surface area contributed by atoms with Crippen molar-refractivity contribution in [2.75, 3.05) is 53.0 Å². The van der Waals surface area contributed by atoms with E-state index in [1.54, 1.807) is 7.05 Å². The van der Waals surface area contributed by atoms with Crippen LogP contribution in [0.2, 0.25) is 0 Å². The minimum atomic E-state index is 0. The second kappa shape index (κ2) is 14.1. The molecular formula is C20H35IN4O2. The lowest BCUT2D eigenvalue weighted by Crippen LogP contribution is -2.50. The quantitative estimate of drug-likeness (QED) is 0.241. The van der Waals surface area contributed by atoms with E-state index in [2.05, 4.69) is 46.5 Å². The summed E-state index contributed by atoms with van der Waals surface area (Å²) < 4.78 is 11.5. The first-order chi connectivity index (χ1) is 12.7. The number of aliphatic imine (C=N–C) groups is 1. The van der Waals surface area contributed by atoms with Crippen molar-refractivity contribution in [2.24, 2.45) is 10.9 Å². The average molecular weight is 490 g/mol. The normalized spacial score (nSPS) is 18.2. The van der Waals surface area contributed by atoms with Crippen molar-refractivity contribution in [1.82, 2.24) is 15.5 Å². The summed E-state index contributed by atoms with van der Waals surface area (Å²) in [5.74, 6) is 1.48. The van der Waals surface area contributed by atoms with Gasteiger partial charge in [-0.3, -0.25) is 9.89 Å². The summed E-state index contributed by atoms with van der Waals surface area (Å²) in [5.41, 5.74) is 1.19. The number of morpholine rings is 1. The van der Waals surface area contributed by atoms with Gasteiger partial charge in [-0.25, -0.2) is 0 Å². The van der Waals surface area contributed by atoms with Crippen LogP contribution in [-0.2, 0) is 16.1 Å². The van der Waals surface area contributed by atoms with Gasteiger partial charge in [-0.05, 0) is 11.5 Å². The van der Waals surface area contributed by atoms with Crippen LogP contribution in [0.15, 0.2) is 35.3 Å². The highest BCUT2D eigenvalue weighted by atomic mass is 127. The molecule has 1 heterocycles. The summed E-state index contributed by atoms with van der Waals surface area (Å²) in [6, 6.07) is 10.2. The maximum absolute atomic E-state index is 5.87. The summed E-state index contributed by atoms with van der Waals surface area (Å²) in [4.78, 5) is 6.75. The molecule has 1 aliphatic rings. The summed E-state index contributed by atoms with van der Waals surface area (Å²) in [6.07, 6.45) is 0.204. The van der Waals surface area contributed by atoms with Gasteiger partial charge in [0, 0.05) is 39.8 Å². The van der Waals surface area contributed by atoms with Gasteiger partial charge in [0.1, 0.15) is 0 Å². The number of rotatable bonds is 9. The topological polar surface area (TPSA) is 58.1 Å². The Morgan fingerprint density at radius 1 is 1.30 bits per heavy atom. The molecule has 0 saturated carbocycles. The molecule has 0 aromatic heterocycles. The van der Waals surface area contributed by atoms with Gasteiger partial charge in [-0.1, -0.05) is 44.2 Å². The van der Waals surface area contributed by atoms with E-state index in [-0.39, 0.29) is 30.1 Å². The molecule has 1 aliphatic heterocycles. The number of hydrogen-bond acceptors (Lipinski definition) is 4. The lowest BCUT2D eigenvalue weighted by Gasteiger charge is -2.34. The number of hydrogen-bond donors (Lipinski definition) is 2. The van der Waals surface area contributed by atoms with E-state index in [1.165, 1.54) is 5.56 Å². The minimum Gasteiger partial charge on any atom is -0.375 e. The maximum atomic E-state index is 5.87. The standard InChI is InChI=1S/C20H34N4O2.HI/c1-17(2)14-24-10-12-26-19(15-24)13-23-20(21-3)22-9-11-25-16-18-7-5-4-6-8-18;/h4-8,17,19H,9-16H2,1-3H3,(H2,21,22,23);1H. The van der Waals surface area contributed by atoms with Crippen LogP contribution in [0.3, 0.4) is 0 Å². The monoisotopic (exact) mass is 490 g/mol. The van der Waals surface area contributed by atoms with E-state index >= 15 is 0 Å². The fraction of sp³-hybridized carbons (Fsp3) is 0.650. The Morgan fingerprint density at radius 2 is 2.07 bits per heavy atom. The van der Waals surface area contributed by atoms with E-state index in [9.17, 15) is 0 Å². The van der Waals surface area contributed by atoms with Gasteiger partial charge in [0.2, 0.25) is 0 Å². The van der Waals surface area contributed by atoms with Gasteiger partial charge in [0.05, 0.1) is 25.9 Å². The van der Waals surface area contributed by atoms with Crippen molar-refractivity contribution >= 4 is 29.9 Å². The van der Waals surface area contributed by atoms with Gasteiger partial charge in [0.15, 0.2) is 5.96 Å². The third-order valence-corrected chi connectivity index (χ3v) is 4.22. The number of guanidine groups is 1. The molecule has 0 spiro atoms. The number of nitrogens with one attached hydrogen (secondary N) is 2. The van der Waals surface area contributed by atoms with E-state index in [1.807, 2.05) is 18.2 Å². The zero-order chi connectivity index (χ0) is 18.6. The van der Waals surface area contributed by atoms with Crippen LogP contribution < -0.4 is 10.6 Å². The summed E-state index contributed by atoms with van der Waals surface area (Å²) in [6.45, 7) is 11.2. The molecular weight excluding hydrogens is 455 g/mol. The molecule has 0 bridgehead atoms. The molecule has 1 aromatic carbocycles. The Morgan fingerprint density at radius 3 is 2.78 bits per heavy atom. The largest absolute Gasteiger partial charge is 0.375 e. The third kappa shape index (κ3) is 10.3. The summed E-state index contributed by atoms with van der Waals surface area (Å²) >= 11 is 0. The molecule has 0 aliphatic carbocycles. The predicted molar refractivity (Wildman–Crippen MR) is 122 cm³/mol. The van der Waals surface area contributed by atoms with Gasteiger partial charge >= 0.3 is 0 Å². The van der Waals surface area contributed by atoms with Crippen LogP contribution in [-0.4, -0.2) is 69.9 Å². The Bertz CT molecular complexity index is 528. The lowest BCUT2D eigenvalue weighted by atomic mass is 10.2. The van der Waals surface area contributed by atoms with Crippen molar-refractivity contribution in [3.63, 3.8) is 0 Å². The third-order valence-electron chi connectivity index (χ3n) is 4.22. The first-order valence-corrected chi connectivity index (χ1v) is 9.57. The molecule has 1 unspecified atom stereocenters. The van der Waals surface area contributed by atoms with Crippen LogP contribution >= 0.6 is 24.0 Å². The molecule has 2 rings (SSSR count). The minimum absolute atomic E-state index is 0. The fourth-order valence-electron chi connectivity index (χ4n) is 3.02. The summed E-state index contributed by atoms with van der Waals surface area (Å²) in [5, 5.41) is 6.64. The first kappa shape index (κ1) is 24.1. The van der Waals surface area contributed by atoms with E-state index in [0.717, 1.165) is 45.3 Å². The van der Waals surface area contributed by atoms with Gasteiger partial charge in [-0.15, -0.1) is 24.0 Å². The van der Waals surface area contributed by atoms with Crippen LogP contribution in [0, 0.1) is 5.92 Å². The number of nitrogens with zero attached hydrogens (tertiary/aromatic N) is 2. The van der Waals surface area contributed by atoms with Crippen molar-refractivity contribution in [3.8, 4) is 0 Å². The smallest absolute Gasteiger partial charge is 0.191 e. The number of benzene rings is 1. The van der Waals surface area contributed by atoms with Gasteiger partial charge in [-0.2, -0.15) is 0 Å². The van der Waals surface area contributed by atoms with Crippen LogP contribution in [0.5, 0.6) is 0 Å². The Labute approximate surface area is 181 Å². The predicted octanol–water partition coefficient (Wildman–Crippen LogP) is 2.34. The molecule has 7 heteroatoms. The molecule has 1 atom stereocenters. The SMILES string of the molecule is CN=C(NCCOCc1ccccc1)NCC1CN(CC(C)C)CCO1.I. The first-order valence-electron chi connectivity index (χ1n) is 9.57. The van der Waals surface area contributed by atoms with Crippen molar-refractivity contribution in [3.05, 3.63) is 35.9 Å². The van der Waals surface area contributed by atoms with Crippen LogP contribution in [0.1, 0.15) is 19.4 Å². The van der Waals surface area contributed by atoms with Crippen molar-refractivity contribution in [1.29, 1.82) is 0 Å². The molecule has 1 saturated heterocycles. The van der Waals surface area contributed by atoms with E-state index in [0.29, 0.717) is 19.1 Å². The zero-order valence-corrected chi connectivity index (χ0v) is 19.1. The highest BCUT2D eigenvalue weighted by molar-refractivity contribution is 14.0. The molecule has 27 heavy (non-hydrogen) atoms. The molecule has 6 nitrogen and oxygen atoms in total. The molecule has 0 amide bonds. The second-order valence-corrected chi connectivity index (χ2v) is 7.06. The number of ether oxygens (including phenoxy) is 2. The zero-order valence-electron chi connectivity index (χ0n) is 16.8. The van der Waals surface area contributed by atoms with Crippen molar-refractivity contribution in [2.45, 2.75) is 26.6 Å². The molecule has 1 fully saturated rings. The van der Waals surface area contributed by atoms with Crippen molar-refractivity contribution < 1.29 is 9.47 Å². The summed E-state index contributed by atoms with van der Waals surface area (Å²) in [7, 11) is 1.78.